The van der Waals surface area contributed by atoms with Crippen LogP contribution in [0.25, 0.3) is 0 Å². The minimum atomic E-state index is 0.359. The molecule has 0 amide bonds. The highest BCUT2D eigenvalue weighted by atomic mass is 32.2. The highest BCUT2D eigenvalue weighted by molar-refractivity contribution is 8.00. The van der Waals surface area contributed by atoms with Crippen LogP contribution in [0.2, 0.25) is 0 Å². The van der Waals surface area contributed by atoms with E-state index in [1.54, 1.807) is 11.8 Å². The quantitative estimate of drug-likeness (QED) is 0.594. The second-order valence-corrected chi connectivity index (χ2v) is 7.65. The number of anilines is 1. The van der Waals surface area contributed by atoms with Crippen LogP contribution >= 0.6 is 11.8 Å². The second kappa shape index (κ2) is 7.56. The maximum atomic E-state index is 11.0. The average molecular weight is 346 g/mol. The number of benzene rings is 1. The Balaban J connectivity index is 2.11. The standard InChI is InChI=1S/C20H27NO2S/c1-3-21(4-2)17-18(22)15-12-8-9-13-16(15)19(23)20(17)24-14-10-6-5-7-11-14/h6,8-10,14,22-23H,3-5,7,11-13H2,1-2H3. The normalized spacial score (nSPS) is 19.3. The van der Waals surface area contributed by atoms with Gasteiger partial charge in [-0.25, -0.2) is 0 Å². The molecule has 0 radical (unpaired) electrons. The van der Waals surface area contributed by atoms with E-state index in [9.17, 15) is 10.2 Å². The third-order valence-electron chi connectivity index (χ3n) is 4.96. The molecule has 0 saturated heterocycles. The van der Waals surface area contributed by atoms with Crippen LogP contribution in [0.4, 0.5) is 5.69 Å². The summed E-state index contributed by atoms with van der Waals surface area (Å²) < 4.78 is 0. The lowest BCUT2D eigenvalue weighted by atomic mass is 9.93. The molecule has 2 aliphatic rings. The molecule has 0 fully saturated rings. The summed E-state index contributed by atoms with van der Waals surface area (Å²) in [6.45, 7) is 5.81. The van der Waals surface area contributed by atoms with Crippen molar-refractivity contribution < 1.29 is 10.2 Å². The zero-order chi connectivity index (χ0) is 17.1. The first kappa shape index (κ1) is 17.3. The van der Waals surface area contributed by atoms with Gasteiger partial charge in [0.2, 0.25) is 0 Å². The van der Waals surface area contributed by atoms with Gasteiger partial charge in [-0.3, -0.25) is 0 Å². The first-order chi connectivity index (χ1) is 11.7. The summed E-state index contributed by atoms with van der Waals surface area (Å²) in [6.07, 6.45) is 13.5. The molecule has 0 spiro atoms. The molecule has 3 nitrogen and oxygen atoms in total. The molecule has 2 N–H and O–H groups in total. The summed E-state index contributed by atoms with van der Waals surface area (Å²) in [5.41, 5.74) is 2.60. The van der Waals surface area contributed by atoms with Gasteiger partial charge in [0.15, 0.2) is 0 Å². The Labute approximate surface area is 149 Å². The molecule has 1 aromatic carbocycles. The highest BCUT2D eigenvalue weighted by Crippen LogP contribution is 2.51. The lowest BCUT2D eigenvalue weighted by Crippen LogP contribution is -2.23. The molecule has 2 aliphatic carbocycles. The van der Waals surface area contributed by atoms with Gasteiger partial charge >= 0.3 is 0 Å². The molecule has 0 bridgehead atoms. The Kier molecular flexibility index (Phi) is 5.44. The van der Waals surface area contributed by atoms with Crippen LogP contribution in [0.5, 0.6) is 11.5 Å². The van der Waals surface area contributed by atoms with Crippen LogP contribution in [0.1, 0.15) is 44.2 Å². The van der Waals surface area contributed by atoms with Crippen LogP contribution < -0.4 is 4.90 Å². The topological polar surface area (TPSA) is 43.7 Å². The molecule has 1 atom stereocenters. The smallest absolute Gasteiger partial charge is 0.144 e. The summed E-state index contributed by atoms with van der Waals surface area (Å²) in [5.74, 6) is 0.733. The van der Waals surface area contributed by atoms with Crippen LogP contribution in [-0.4, -0.2) is 28.6 Å². The maximum absolute atomic E-state index is 11.0. The minimum absolute atomic E-state index is 0.359. The van der Waals surface area contributed by atoms with Crippen molar-refractivity contribution in [2.75, 3.05) is 18.0 Å². The lowest BCUT2D eigenvalue weighted by molar-refractivity contribution is 0.437. The fourth-order valence-corrected chi connectivity index (χ4v) is 4.95. The van der Waals surface area contributed by atoms with Crippen LogP contribution in [-0.2, 0) is 12.8 Å². The molecule has 1 unspecified atom stereocenters. The van der Waals surface area contributed by atoms with Gasteiger partial charge in [0, 0.05) is 29.5 Å². The SMILES string of the molecule is CCN(CC)c1c(O)c2c(c(O)c1SC1C=CCCC1)CC=CC2. The van der Waals surface area contributed by atoms with Gasteiger partial charge in [-0.2, -0.15) is 0 Å². The van der Waals surface area contributed by atoms with E-state index in [2.05, 4.69) is 43.1 Å². The van der Waals surface area contributed by atoms with E-state index in [1.165, 1.54) is 6.42 Å². The molecule has 130 valence electrons. The number of fused-ring (bicyclic) bond motifs is 1. The number of allylic oxidation sites excluding steroid dienone is 3. The predicted molar refractivity (Wildman–Crippen MR) is 103 cm³/mol. The third kappa shape index (κ3) is 3.16. The van der Waals surface area contributed by atoms with Gasteiger partial charge in [0.1, 0.15) is 11.5 Å². The molecular formula is C20H27NO2S. The number of nitrogens with zero attached hydrogens (tertiary/aromatic N) is 1. The molecule has 0 aliphatic heterocycles. The first-order valence-corrected chi connectivity index (χ1v) is 9.88. The largest absolute Gasteiger partial charge is 0.506 e. The fraction of sp³-hybridized carbons (Fsp3) is 0.500. The summed E-state index contributed by atoms with van der Waals surface area (Å²) in [5, 5.41) is 22.3. The molecule has 0 aromatic heterocycles. The number of hydrogen-bond donors (Lipinski definition) is 2. The molecule has 4 heteroatoms. The Hall–Kier alpha value is -1.55. The number of thioether (sulfide) groups is 1. The molecular weight excluding hydrogens is 318 g/mol. The monoisotopic (exact) mass is 345 g/mol. The van der Waals surface area contributed by atoms with Gasteiger partial charge in [-0.15, -0.1) is 11.8 Å². The zero-order valence-electron chi connectivity index (χ0n) is 14.6. The van der Waals surface area contributed by atoms with Crippen molar-refractivity contribution in [3.8, 4) is 11.5 Å². The Bertz CT molecular complexity index is 662. The van der Waals surface area contributed by atoms with Crippen molar-refractivity contribution in [3.63, 3.8) is 0 Å². The van der Waals surface area contributed by atoms with Crippen LogP contribution in [0.3, 0.4) is 0 Å². The van der Waals surface area contributed by atoms with Crippen molar-refractivity contribution in [1.82, 2.24) is 0 Å². The van der Waals surface area contributed by atoms with Crippen molar-refractivity contribution in [3.05, 3.63) is 35.4 Å². The summed E-state index contributed by atoms with van der Waals surface area (Å²) >= 11 is 1.70. The number of rotatable bonds is 5. The average Bonchev–Trinajstić information content (AvgIpc) is 2.63. The Morgan fingerprint density at radius 1 is 1.04 bits per heavy atom. The van der Waals surface area contributed by atoms with Crippen LogP contribution in [0, 0.1) is 0 Å². The van der Waals surface area contributed by atoms with Gasteiger partial charge in [0.25, 0.3) is 0 Å². The summed E-state index contributed by atoms with van der Waals surface area (Å²) in [4.78, 5) is 3.00. The van der Waals surface area contributed by atoms with E-state index >= 15 is 0 Å². The van der Waals surface area contributed by atoms with E-state index in [1.807, 2.05) is 0 Å². The predicted octanol–water partition coefficient (Wildman–Crippen LogP) is 4.80. The Morgan fingerprint density at radius 3 is 2.29 bits per heavy atom. The molecule has 1 aromatic rings. The van der Waals surface area contributed by atoms with Crippen molar-refractivity contribution in [2.24, 2.45) is 0 Å². The van der Waals surface area contributed by atoms with Crippen molar-refractivity contribution in [1.29, 1.82) is 0 Å². The number of phenolic OH excluding ortho intramolecular Hbond substituents is 2. The molecule has 3 rings (SSSR count). The lowest BCUT2D eigenvalue weighted by Gasteiger charge is -2.30. The zero-order valence-corrected chi connectivity index (χ0v) is 15.4. The van der Waals surface area contributed by atoms with E-state index < -0.39 is 0 Å². The van der Waals surface area contributed by atoms with Gasteiger partial charge < -0.3 is 15.1 Å². The van der Waals surface area contributed by atoms with Crippen molar-refractivity contribution >= 4 is 17.4 Å². The van der Waals surface area contributed by atoms with Gasteiger partial charge in [0.05, 0.1) is 10.6 Å². The van der Waals surface area contributed by atoms with E-state index in [-0.39, 0.29) is 0 Å². The number of aromatic hydroxyl groups is 2. The minimum Gasteiger partial charge on any atom is -0.506 e. The second-order valence-electron chi connectivity index (χ2n) is 6.40. The maximum Gasteiger partial charge on any atom is 0.144 e. The highest BCUT2D eigenvalue weighted by Gasteiger charge is 2.28. The first-order valence-electron chi connectivity index (χ1n) is 9.00. The van der Waals surface area contributed by atoms with Crippen LogP contribution in [0.15, 0.2) is 29.2 Å². The summed E-state index contributed by atoms with van der Waals surface area (Å²) in [7, 11) is 0. The van der Waals surface area contributed by atoms with E-state index in [0.717, 1.165) is 47.6 Å². The van der Waals surface area contributed by atoms with Crippen molar-refractivity contribution in [2.45, 2.75) is 56.1 Å². The molecule has 0 heterocycles. The van der Waals surface area contributed by atoms with Gasteiger partial charge in [-0.05, 0) is 46.0 Å². The molecule has 24 heavy (non-hydrogen) atoms. The summed E-state index contributed by atoms with van der Waals surface area (Å²) in [6, 6.07) is 0. The third-order valence-corrected chi connectivity index (χ3v) is 6.28. The fourth-order valence-electron chi connectivity index (χ4n) is 3.60. The van der Waals surface area contributed by atoms with Gasteiger partial charge in [-0.1, -0.05) is 24.3 Å². The Morgan fingerprint density at radius 2 is 1.71 bits per heavy atom. The van der Waals surface area contributed by atoms with E-state index in [0.29, 0.717) is 29.6 Å². The number of phenols is 2. The van der Waals surface area contributed by atoms with E-state index in [4.69, 9.17) is 0 Å². The number of hydrogen-bond acceptors (Lipinski definition) is 4. The molecule has 0 saturated carbocycles.